The standard InChI is InChI=1S/C17H23FN2O/c18-15-6-4-14(5-7-15)17(8-2-1-3-9-17)12-20-16(21)13-10-19-11-13/h4-7,13,19H,1-3,8-12H2,(H,20,21). The van der Waals surface area contributed by atoms with Crippen LogP contribution in [0.3, 0.4) is 0 Å². The van der Waals surface area contributed by atoms with Gasteiger partial charge in [0.05, 0.1) is 5.92 Å². The number of amides is 1. The Labute approximate surface area is 125 Å². The van der Waals surface area contributed by atoms with Crippen LogP contribution in [0.2, 0.25) is 0 Å². The fourth-order valence-electron chi connectivity index (χ4n) is 3.47. The summed E-state index contributed by atoms with van der Waals surface area (Å²) in [4.78, 5) is 12.1. The molecule has 0 spiro atoms. The quantitative estimate of drug-likeness (QED) is 0.894. The maximum atomic E-state index is 13.2. The van der Waals surface area contributed by atoms with E-state index in [-0.39, 0.29) is 23.1 Å². The van der Waals surface area contributed by atoms with Crippen molar-refractivity contribution in [3.05, 3.63) is 35.6 Å². The van der Waals surface area contributed by atoms with E-state index in [1.54, 1.807) is 0 Å². The summed E-state index contributed by atoms with van der Waals surface area (Å²) in [7, 11) is 0. The Morgan fingerprint density at radius 2 is 1.86 bits per heavy atom. The highest BCUT2D eigenvalue weighted by Crippen LogP contribution is 2.39. The summed E-state index contributed by atoms with van der Waals surface area (Å²) < 4.78 is 13.2. The van der Waals surface area contributed by atoms with Crippen LogP contribution in [0.5, 0.6) is 0 Å². The molecule has 0 radical (unpaired) electrons. The van der Waals surface area contributed by atoms with Crippen LogP contribution < -0.4 is 10.6 Å². The third-order valence-electron chi connectivity index (χ3n) is 5.02. The van der Waals surface area contributed by atoms with Crippen molar-refractivity contribution in [2.75, 3.05) is 19.6 Å². The molecule has 4 heteroatoms. The highest BCUT2D eigenvalue weighted by Gasteiger charge is 2.35. The van der Waals surface area contributed by atoms with Crippen LogP contribution in [0.4, 0.5) is 4.39 Å². The average molecular weight is 290 g/mol. The maximum Gasteiger partial charge on any atom is 0.225 e. The molecule has 1 aliphatic carbocycles. The van der Waals surface area contributed by atoms with Gasteiger partial charge in [0.25, 0.3) is 0 Å². The van der Waals surface area contributed by atoms with Crippen LogP contribution in [-0.2, 0) is 10.2 Å². The maximum absolute atomic E-state index is 13.2. The summed E-state index contributed by atoms with van der Waals surface area (Å²) in [6, 6.07) is 6.84. The molecule has 3 rings (SSSR count). The van der Waals surface area contributed by atoms with Crippen molar-refractivity contribution in [2.45, 2.75) is 37.5 Å². The predicted molar refractivity (Wildman–Crippen MR) is 80.5 cm³/mol. The molecule has 1 aliphatic heterocycles. The Hall–Kier alpha value is -1.42. The molecule has 1 saturated heterocycles. The fraction of sp³-hybridized carbons (Fsp3) is 0.588. The molecule has 2 aliphatic rings. The Balaban J connectivity index is 1.73. The van der Waals surface area contributed by atoms with Gasteiger partial charge in [-0.1, -0.05) is 31.4 Å². The van der Waals surface area contributed by atoms with Crippen LogP contribution in [0.15, 0.2) is 24.3 Å². The van der Waals surface area contributed by atoms with Crippen molar-refractivity contribution in [3.63, 3.8) is 0 Å². The summed E-state index contributed by atoms with van der Waals surface area (Å²) in [5.74, 6) is 0.0777. The van der Waals surface area contributed by atoms with Crippen LogP contribution in [0.25, 0.3) is 0 Å². The fourth-order valence-corrected chi connectivity index (χ4v) is 3.47. The first-order valence-corrected chi connectivity index (χ1v) is 7.94. The van der Waals surface area contributed by atoms with Crippen molar-refractivity contribution < 1.29 is 9.18 Å². The molecule has 114 valence electrons. The average Bonchev–Trinajstić information content (AvgIpc) is 2.45. The highest BCUT2D eigenvalue weighted by atomic mass is 19.1. The lowest BCUT2D eigenvalue weighted by atomic mass is 9.69. The smallest absolute Gasteiger partial charge is 0.225 e. The molecular weight excluding hydrogens is 267 g/mol. The minimum atomic E-state index is -0.200. The van der Waals surface area contributed by atoms with Gasteiger partial charge < -0.3 is 10.6 Å². The van der Waals surface area contributed by atoms with E-state index in [1.807, 2.05) is 12.1 Å². The second-order valence-electron chi connectivity index (χ2n) is 6.42. The molecule has 0 bridgehead atoms. The number of benzene rings is 1. The minimum Gasteiger partial charge on any atom is -0.355 e. The molecule has 1 aromatic carbocycles. The van der Waals surface area contributed by atoms with E-state index in [1.165, 1.54) is 31.4 Å². The van der Waals surface area contributed by atoms with Crippen molar-refractivity contribution >= 4 is 5.91 Å². The molecule has 0 aromatic heterocycles. The largest absolute Gasteiger partial charge is 0.355 e. The van der Waals surface area contributed by atoms with Gasteiger partial charge in [0.2, 0.25) is 5.91 Å². The van der Waals surface area contributed by atoms with E-state index in [4.69, 9.17) is 0 Å². The molecule has 0 unspecified atom stereocenters. The second kappa shape index (κ2) is 6.14. The number of nitrogens with one attached hydrogen (secondary N) is 2. The van der Waals surface area contributed by atoms with Gasteiger partial charge >= 0.3 is 0 Å². The van der Waals surface area contributed by atoms with E-state index in [0.29, 0.717) is 6.54 Å². The Morgan fingerprint density at radius 1 is 1.19 bits per heavy atom. The molecule has 0 atom stereocenters. The molecule has 2 N–H and O–H groups in total. The van der Waals surface area contributed by atoms with Crippen molar-refractivity contribution in [2.24, 2.45) is 5.92 Å². The third kappa shape index (κ3) is 3.10. The van der Waals surface area contributed by atoms with E-state index in [2.05, 4.69) is 10.6 Å². The Morgan fingerprint density at radius 3 is 2.43 bits per heavy atom. The van der Waals surface area contributed by atoms with Crippen LogP contribution in [0.1, 0.15) is 37.7 Å². The van der Waals surface area contributed by atoms with Crippen molar-refractivity contribution in [1.29, 1.82) is 0 Å². The van der Waals surface area contributed by atoms with E-state index < -0.39 is 0 Å². The molecule has 1 heterocycles. The molecule has 1 aromatic rings. The monoisotopic (exact) mass is 290 g/mol. The number of carbonyl (C=O) groups excluding carboxylic acids is 1. The summed E-state index contributed by atoms with van der Waals surface area (Å²) in [6.45, 7) is 2.25. The summed E-state index contributed by atoms with van der Waals surface area (Å²) in [5, 5.41) is 6.26. The molecule has 21 heavy (non-hydrogen) atoms. The van der Waals surface area contributed by atoms with Gasteiger partial charge in [-0.3, -0.25) is 4.79 Å². The zero-order valence-electron chi connectivity index (χ0n) is 12.3. The molecule has 1 amide bonds. The Bertz CT molecular complexity index is 490. The number of hydrogen-bond donors (Lipinski definition) is 2. The lowest BCUT2D eigenvalue weighted by Crippen LogP contribution is -2.53. The predicted octanol–water partition coefficient (Wildman–Crippen LogP) is 2.36. The van der Waals surface area contributed by atoms with Crippen LogP contribution in [0, 0.1) is 11.7 Å². The number of rotatable bonds is 4. The zero-order chi connectivity index (χ0) is 14.7. The molecule has 1 saturated carbocycles. The van der Waals surface area contributed by atoms with Gasteiger partial charge in [0.1, 0.15) is 5.82 Å². The highest BCUT2D eigenvalue weighted by molar-refractivity contribution is 5.80. The molecule has 2 fully saturated rings. The van der Waals surface area contributed by atoms with Gasteiger partial charge in [-0.15, -0.1) is 0 Å². The summed E-state index contributed by atoms with van der Waals surface area (Å²) >= 11 is 0. The minimum absolute atomic E-state index is 0.0151. The number of halogens is 1. The van der Waals surface area contributed by atoms with Crippen molar-refractivity contribution in [3.8, 4) is 0 Å². The lowest BCUT2D eigenvalue weighted by molar-refractivity contribution is -0.126. The van der Waals surface area contributed by atoms with Gasteiger partial charge in [-0.05, 0) is 30.5 Å². The molecule has 3 nitrogen and oxygen atoms in total. The third-order valence-corrected chi connectivity index (χ3v) is 5.02. The number of hydrogen-bond acceptors (Lipinski definition) is 2. The van der Waals surface area contributed by atoms with E-state index in [9.17, 15) is 9.18 Å². The molecular formula is C17H23FN2O. The first-order valence-electron chi connectivity index (χ1n) is 7.94. The first kappa shape index (κ1) is 14.5. The van der Waals surface area contributed by atoms with Gasteiger partial charge in [0, 0.05) is 25.0 Å². The zero-order valence-corrected chi connectivity index (χ0v) is 12.3. The topological polar surface area (TPSA) is 41.1 Å². The second-order valence-corrected chi connectivity index (χ2v) is 6.42. The lowest BCUT2D eigenvalue weighted by Gasteiger charge is -2.39. The normalized spacial score (nSPS) is 21.6. The SMILES string of the molecule is O=C(NCC1(c2ccc(F)cc2)CCCCC1)C1CNC1. The van der Waals surface area contributed by atoms with Gasteiger partial charge in [-0.25, -0.2) is 4.39 Å². The summed E-state index contributed by atoms with van der Waals surface area (Å²) in [5.41, 5.74) is 1.15. The van der Waals surface area contributed by atoms with E-state index in [0.717, 1.165) is 31.5 Å². The van der Waals surface area contributed by atoms with Gasteiger partial charge in [0.15, 0.2) is 0 Å². The van der Waals surface area contributed by atoms with Crippen LogP contribution >= 0.6 is 0 Å². The van der Waals surface area contributed by atoms with Gasteiger partial charge in [-0.2, -0.15) is 0 Å². The van der Waals surface area contributed by atoms with Crippen molar-refractivity contribution in [1.82, 2.24) is 10.6 Å². The van der Waals surface area contributed by atoms with E-state index >= 15 is 0 Å². The Kier molecular flexibility index (Phi) is 4.24. The number of carbonyl (C=O) groups is 1. The van der Waals surface area contributed by atoms with Crippen LogP contribution in [-0.4, -0.2) is 25.5 Å². The first-order chi connectivity index (χ1) is 10.2. The summed E-state index contributed by atoms with van der Waals surface area (Å²) in [6.07, 6.45) is 5.75.